The van der Waals surface area contributed by atoms with Gasteiger partial charge >= 0.3 is 0 Å². The number of likely N-dealkylation sites (tertiary alicyclic amines) is 2. The van der Waals surface area contributed by atoms with Crippen molar-refractivity contribution in [2.75, 3.05) is 46.4 Å². The van der Waals surface area contributed by atoms with Gasteiger partial charge in [0, 0.05) is 38.7 Å². The van der Waals surface area contributed by atoms with Crippen molar-refractivity contribution in [2.45, 2.75) is 19.3 Å². The number of rotatable bonds is 4. The van der Waals surface area contributed by atoms with Crippen LogP contribution < -0.4 is 0 Å². The molecule has 4 heteroatoms. The zero-order chi connectivity index (χ0) is 11.9. The molecule has 3 aliphatic rings. The molecule has 1 spiro atoms. The Kier molecular flexibility index (Phi) is 2.87. The van der Waals surface area contributed by atoms with Crippen molar-refractivity contribution in [3.63, 3.8) is 0 Å². The summed E-state index contributed by atoms with van der Waals surface area (Å²) in [6, 6.07) is 0. The minimum atomic E-state index is 0.152. The summed E-state index contributed by atoms with van der Waals surface area (Å²) in [7, 11) is 1.58. The van der Waals surface area contributed by atoms with Crippen LogP contribution in [0.3, 0.4) is 0 Å². The molecule has 0 N–H and O–H groups in total. The molecule has 2 heterocycles. The third-order valence-electron chi connectivity index (χ3n) is 4.40. The Balaban J connectivity index is 1.45. The summed E-state index contributed by atoms with van der Waals surface area (Å²) in [4.78, 5) is 16.2. The number of ether oxygens (including phenoxy) is 1. The second-order valence-corrected chi connectivity index (χ2v) is 6.11. The van der Waals surface area contributed by atoms with Gasteiger partial charge in [0.1, 0.15) is 6.61 Å². The van der Waals surface area contributed by atoms with Crippen LogP contribution in [0.15, 0.2) is 0 Å². The SMILES string of the molecule is COCC(=O)N1CC2(CCN(CC3CC3)C2)C1. The molecule has 2 saturated heterocycles. The highest BCUT2D eigenvalue weighted by Crippen LogP contribution is 2.41. The van der Waals surface area contributed by atoms with E-state index < -0.39 is 0 Å². The first-order valence-electron chi connectivity index (χ1n) is 6.70. The number of hydrogen-bond acceptors (Lipinski definition) is 3. The zero-order valence-electron chi connectivity index (χ0n) is 10.7. The van der Waals surface area contributed by atoms with Crippen molar-refractivity contribution in [3.05, 3.63) is 0 Å². The summed E-state index contributed by atoms with van der Waals surface area (Å²) in [5.74, 6) is 1.13. The van der Waals surface area contributed by atoms with Gasteiger partial charge in [-0.25, -0.2) is 0 Å². The zero-order valence-corrected chi connectivity index (χ0v) is 10.7. The fourth-order valence-electron chi connectivity index (χ4n) is 3.26. The van der Waals surface area contributed by atoms with Crippen LogP contribution in [0.25, 0.3) is 0 Å². The van der Waals surface area contributed by atoms with E-state index in [0.717, 1.165) is 19.0 Å². The lowest BCUT2D eigenvalue weighted by molar-refractivity contribution is -0.146. The molecule has 96 valence electrons. The number of amides is 1. The average Bonchev–Trinajstić information content (AvgIpc) is 2.94. The van der Waals surface area contributed by atoms with Crippen molar-refractivity contribution < 1.29 is 9.53 Å². The second-order valence-electron chi connectivity index (χ2n) is 6.11. The molecule has 3 fully saturated rings. The van der Waals surface area contributed by atoms with Gasteiger partial charge in [-0.3, -0.25) is 4.79 Å². The molecule has 0 aromatic heterocycles. The van der Waals surface area contributed by atoms with Gasteiger partial charge in [-0.05, 0) is 31.7 Å². The van der Waals surface area contributed by atoms with E-state index in [4.69, 9.17) is 4.74 Å². The van der Waals surface area contributed by atoms with E-state index in [1.165, 1.54) is 38.9 Å². The Bertz CT molecular complexity index is 309. The molecular formula is C13H22N2O2. The number of carbonyl (C=O) groups is 1. The predicted octanol–water partition coefficient (Wildman–Crippen LogP) is 0.577. The number of methoxy groups -OCH3 is 1. The lowest BCUT2D eigenvalue weighted by Gasteiger charge is -2.48. The highest BCUT2D eigenvalue weighted by molar-refractivity contribution is 5.78. The third kappa shape index (κ3) is 2.33. The van der Waals surface area contributed by atoms with Gasteiger partial charge in [-0.2, -0.15) is 0 Å². The molecule has 0 bridgehead atoms. The van der Waals surface area contributed by atoms with Gasteiger partial charge in [-0.15, -0.1) is 0 Å². The van der Waals surface area contributed by atoms with Gasteiger partial charge in [0.25, 0.3) is 0 Å². The van der Waals surface area contributed by atoms with Crippen molar-refractivity contribution in [1.29, 1.82) is 0 Å². The van der Waals surface area contributed by atoms with Gasteiger partial charge in [0.05, 0.1) is 0 Å². The molecule has 0 aromatic carbocycles. The van der Waals surface area contributed by atoms with Crippen LogP contribution in [-0.4, -0.2) is 62.1 Å². The fraction of sp³-hybridized carbons (Fsp3) is 0.923. The molecule has 0 atom stereocenters. The molecule has 2 aliphatic heterocycles. The number of nitrogens with zero attached hydrogens (tertiary/aromatic N) is 2. The van der Waals surface area contributed by atoms with Crippen molar-refractivity contribution >= 4 is 5.91 Å². The lowest BCUT2D eigenvalue weighted by atomic mass is 9.79. The molecule has 4 nitrogen and oxygen atoms in total. The van der Waals surface area contributed by atoms with E-state index in [9.17, 15) is 4.79 Å². The van der Waals surface area contributed by atoms with Gasteiger partial charge in [0.2, 0.25) is 5.91 Å². The Morgan fingerprint density at radius 2 is 2.12 bits per heavy atom. The highest BCUT2D eigenvalue weighted by Gasteiger charge is 2.49. The number of carbonyl (C=O) groups excluding carboxylic acids is 1. The van der Waals surface area contributed by atoms with Gasteiger partial charge in [-0.1, -0.05) is 0 Å². The van der Waals surface area contributed by atoms with Crippen LogP contribution in [0.1, 0.15) is 19.3 Å². The van der Waals surface area contributed by atoms with Crippen LogP contribution in [0, 0.1) is 11.3 Å². The maximum absolute atomic E-state index is 11.6. The van der Waals surface area contributed by atoms with E-state index in [-0.39, 0.29) is 12.5 Å². The minimum absolute atomic E-state index is 0.152. The molecule has 0 radical (unpaired) electrons. The normalized spacial score (nSPS) is 27.5. The monoisotopic (exact) mass is 238 g/mol. The summed E-state index contributed by atoms with van der Waals surface area (Å²) in [5.41, 5.74) is 0.429. The van der Waals surface area contributed by atoms with Gasteiger partial charge < -0.3 is 14.5 Å². The predicted molar refractivity (Wildman–Crippen MR) is 64.7 cm³/mol. The van der Waals surface area contributed by atoms with Crippen molar-refractivity contribution in [2.24, 2.45) is 11.3 Å². The van der Waals surface area contributed by atoms with Crippen LogP contribution in [0.2, 0.25) is 0 Å². The second kappa shape index (κ2) is 4.25. The summed E-state index contributed by atoms with van der Waals surface area (Å²) in [6.07, 6.45) is 4.14. The average molecular weight is 238 g/mol. The Morgan fingerprint density at radius 1 is 1.35 bits per heavy atom. The summed E-state index contributed by atoms with van der Waals surface area (Å²) in [6.45, 7) is 5.89. The summed E-state index contributed by atoms with van der Waals surface area (Å²) in [5, 5.41) is 0. The summed E-state index contributed by atoms with van der Waals surface area (Å²) >= 11 is 0. The van der Waals surface area contributed by atoms with Crippen molar-refractivity contribution in [3.8, 4) is 0 Å². The first-order chi connectivity index (χ1) is 8.21. The molecule has 1 saturated carbocycles. The molecule has 3 rings (SSSR count). The van der Waals surface area contributed by atoms with E-state index >= 15 is 0 Å². The molecule has 1 aliphatic carbocycles. The maximum atomic E-state index is 11.6. The maximum Gasteiger partial charge on any atom is 0.248 e. The van der Waals surface area contributed by atoms with E-state index in [2.05, 4.69) is 4.90 Å². The number of hydrogen-bond donors (Lipinski definition) is 0. The Labute approximate surface area is 103 Å². The Hall–Kier alpha value is -0.610. The van der Waals surface area contributed by atoms with Crippen LogP contribution in [0.5, 0.6) is 0 Å². The first-order valence-corrected chi connectivity index (χ1v) is 6.70. The van der Waals surface area contributed by atoms with Crippen LogP contribution in [-0.2, 0) is 9.53 Å². The topological polar surface area (TPSA) is 32.8 Å². The quantitative estimate of drug-likeness (QED) is 0.718. The fourth-order valence-corrected chi connectivity index (χ4v) is 3.26. The standard InChI is InChI=1S/C13H22N2O2/c1-17-7-12(16)15-9-13(10-15)4-5-14(8-13)6-11-2-3-11/h11H,2-10H2,1H3. The van der Waals surface area contributed by atoms with Crippen molar-refractivity contribution in [1.82, 2.24) is 9.80 Å². The van der Waals surface area contributed by atoms with E-state index in [1.54, 1.807) is 7.11 Å². The lowest BCUT2D eigenvalue weighted by Crippen LogP contribution is -2.60. The first kappa shape index (κ1) is 11.5. The molecule has 0 aromatic rings. The Morgan fingerprint density at radius 3 is 2.76 bits per heavy atom. The summed E-state index contributed by atoms with van der Waals surface area (Å²) < 4.78 is 4.89. The molecule has 1 amide bonds. The van der Waals surface area contributed by atoms with Gasteiger partial charge in [0.15, 0.2) is 0 Å². The van der Waals surface area contributed by atoms with E-state index in [0.29, 0.717) is 5.41 Å². The smallest absolute Gasteiger partial charge is 0.248 e. The third-order valence-corrected chi connectivity index (χ3v) is 4.40. The largest absolute Gasteiger partial charge is 0.375 e. The highest BCUT2D eigenvalue weighted by atomic mass is 16.5. The minimum Gasteiger partial charge on any atom is -0.375 e. The molecule has 17 heavy (non-hydrogen) atoms. The van der Waals surface area contributed by atoms with E-state index in [1.807, 2.05) is 4.90 Å². The van der Waals surface area contributed by atoms with Crippen LogP contribution >= 0.6 is 0 Å². The molecular weight excluding hydrogens is 216 g/mol. The molecule has 0 unspecified atom stereocenters. The van der Waals surface area contributed by atoms with Crippen LogP contribution in [0.4, 0.5) is 0 Å².